The summed E-state index contributed by atoms with van der Waals surface area (Å²) in [4.78, 5) is 10.7. The Labute approximate surface area is 85.7 Å². The Balaban J connectivity index is 2.17. The number of carbonyl (C=O) groups is 1. The minimum atomic E-state index is 0.309. The summed E-state index contributed by atoms with van der Waals surface area (Å²) in [5, 5.41) is 1.18. The van der Waals surface area contributed by atoms with E-state index in [1.807, 2.05) is 6.07 Å². The van der Waals surface area contributed by atoms with E-state index in [-0.39, 0.29) is 0 Å². The van der Waals surface area contributed by atoms with Crippen LogP contribution in [0.3, 0.4) is 0 Å². The van der Waals surface area contributed by atoms with Gasteiger partial charge in [-0.15, -0.1) is 0 Å². The molecule has 0 aliphatic heterocycles. The Morgan fingerprint density at radius 3 is 2.62 bits per heavy atom. The van der Waals surface area contributed by atoms with Gasteiger partial charge in [0.1, 0.15) is 0 Å². The van der Waals surface area contributed by atoms with Gasteiger partial charge in [-0.1, -0.05) is 0 Å². The molecule has 0 saturated carbocycles. The van der Waals surface area contributed by atoms with Gasteiger partial charge in [-0.3, -0.25) is 0 Å². The minimum absolute atomic E-state index is 0.309. The van der Waals surface area contributed by atoms with Crippen molar-refractivity contribution < 1.29 is 4.79 Å². The number of ketones is 1. The molecule has 0 bridgehead atoms. The number of benzene rings is 1. The normalized spacial score (nSPS) is 9.92. The molecule has 70 valence electrons. The predicted molar refractivity (Wildman–Crippen MR) is 56.6 cm³/mol. The molecule has 1 aromatic carbocycles. The molecule has 1 aromatic rings. The molecule has 1 nitrogen and oxygen atoms in total. The van der Waals surface area contributed by atoms with Gasteiger partial charge in [0.25, 0.3) is 0 Å². The van der Waals surface area contributed by atoms with Gasteiger partial charge in [0.15, 0.2) is 0 Å². The molecule has 0 amide bonds. The second kappa shape index (κ2) is 5.95. The fraction of sp³-hybridized carbons (Fsp3) is 0.364. The molecule has 0 unspecified atom stereocenters. The van der Waals surface area contributed by atoms with Gasteiger partial charge >= 0.3 is 85.4 Å². The maximum atomic E-state index is 10.7. The molecule has 0 aliphatic rings. The van der Waals surface area contributed by atoms with Gasteiger partial charge in [-0.2, -0.15) is 0 Å². The monoisotopic (exact) mass is 242 g/mol. The maximum absolute atomic E-state index is 10.7. The number of rotatable bonds is 5. The molecule has 0 aliphatic carbocycles. The average Bonchev–Trinajstić information content (AvgIpc) is 2.14. The zero-order valence-electron chi connectivity index (χ0n) is 7.82. The Bertz CT molecular complexity index is 256. The first-order chi connectivity index (χ1) is 6.29. The van der Waals surface area contributed by atoms with Crippen molar-refractivity contribution in [3.8, 4) is 0 Å². The van der Waals surface area contributed by atoms with Gasteiger partial charge < -0.3 is 0 Å². The van der Waals surface area contributed by atoms with Crippen LogP contribution in [0.25, 0.3) is 0 Å². The topological polar surface area (TPSA) is 17.1 Å². The van der Waals surface area contributed by atoms with Crippen molar-refractivity contribution >= 4 is 25.2 Å². The molecule has 0 radical (unpaired) electrons. The summed E-state index contributed by atoms with van der Waals surface area (Å²) in [7, 11) is 0. The van der Waals surface area contributed by atoms with Crippen LogP contribution in [-0.4, -0.2) is 20.7 Å². The average molecular weight is 241 g/mol. The molecule has 0 heterocycles. The zero-order valence-corrected chi connectivity index (χ0v) is 9.54. The van der Waals surface area contributed by atoms with Crippen LogP contribution in [0.2, 0.25) is 5.32 Å². The number of hydrogen-bond acceptors (Lipinski definition) is 1. The van der Waals surface area contributed by atoms with E-state index in [0.29, 0.717) is 20.7 Å². The number of Topliss-reactive ketones (excluding diaryl/α,β-unsaturated/α-hetero) is 1. The summed E-state index contributed by atoms with van der Waals surface area (Å²) in [6, 6.07) is 10.5. The van der Waals surface area contributed by atoms with Gasteiger partial charge in [0.2, 0.25) is 0 Å². The predicted octanol–water partition coefficient (Wildman–Crippen LogP) is 1.80. The van der Waals surface area contributed by atoms with Crippen molar-refractivity contribution in [3.63, 3.8) is 0 Å². The van der Waals surface area contributed by atoms with Gasteiger partial charge in [-0.25, -0.2) is 0 Å². The van der Waals surface area contributed by atoms with E-state index in [1.54, 1.807) is 6.92 Å². The Hall–Kier alpha value is -0.591. The van der Waals surface area contributed by atoms with E-state index in [2.05, 4.69) is 24.3 Å². The van der Waals surface area contributed by atoms with Crippen molar-refractivity contribution in [1.29, 1.82) is 0 Å². The molecule has 2 heteroatoms. The van der Waals surface area contributed by atoms with E-state index < -0.39 is 0 Å². The second-order valence-corrected chi connectivity index (χ2v) is 5.42. The van der Waals surface area contributed by atoms with Crippen LogP contribution in [0.4, 0.5) is 0 Å². The molecule has 0 fully saturated rings. The first-order valence-electron chi connectivity index (χ1n) is 4.46. The van der Waals surface area contributed by atoms with Crippen LogP contribution in [0, 0.1) is 0 Å². The van der Waals surface area contributed by atoms with Crippen LogP contribution in [0.1, 0.15) is 19.8 Å². The Morgan fingerprint density at radius 1 is 1.31 bits per heavy atom. The SMILES string of the molecule is CC(=O)CCC[Se]c1ccccc1. The van der Waals surface area contributed by atoms with Gasteiger partial charge in [0.05, 0.1) is 0 Å². The standard InChI is InChI=1S/C11H14OSe/c1-10(12)6-5-9-13-11-7-3-2-4-8-11/h2-4,7-8H,5-6,9H2,1H3. The van der Waals surface area contributed by atoms with Crippen LogP contribution in [-0.2, 0) is 4.79 Å². The summed E-state index contributed by atoms with van der Waals surface area (Å²) in [6.45, 7) is 1.66. The molecular weight excluding hydrogens is 227 g/mol. The summed E-state index contributed by atoms with van der Waals surface area (Å²) < 4.78 is 1.43. The molecule has 13 heavy (non-hydrogen) atoms. The summed E-state index contributed by atoms with van der Waals surface area (Å²) >= 11 is 0.552. The molecule has 0 spiro atoms. The zero-order chi connectivity index (χ0) is 9.52. The van der Waals surface area contributed by atoms with Crippen LogP contribution < -0.4 is 4.46 Å². The second-order valence-electron chi connectivity index (χ2n) is 2.97. The molecular formula is C11H14OSe. The van der Waals surface area contributed by atoms with E-state index in [9.17, 15) is 4.79 Å². The van der Waals surface area contributed by atoms with Crippen LogP contribution >= 0.6 is 0 Å². The van der Waals surface area contributed by atoms with E-state index in [0.717, 1.165) is 12.8 Å². The fourth-order valence-corrected chi connectivity index (χ4v) is 2.86. The third-order valence-electron chi connectivity index (χ3n) is 1.69. The third kappa shape index (κ3) is 4.87. The first kappa shape index (κ1) is 10.5. The van der Waals surface area contributed by atoms with Crippen LogP contribution in [0.15, 0.2) is 30.3 Å². The molecule has 0 aromatic heterocycles. The summed E-state index contributed by atoms with van der Waals surface area (Å²) in [5.41, 5.74) is 0. The van der Waals surface area contributed by atoms with E-state index in [1.165, 1.54) is 9.78 Å². The Morgan fingerprint density at radius 2 is 2.00 bits per heavy atom. The van der Waals surface area contributed by atoms with Crippen molar-refractivity contribution in [2.75, 3.05) is 0 Å². The van der Waals surface area contributed by atoms with Gasteiger partial charge in [0, 0.05) is 0 Å². The van der Waals surface area contributed by atoms with Crippen molar-refractivity contribution in [1.82, 2.24) is 0 Å². The molecule has 0 atom stereocenters. The summed E-state index contributed by atoms with van der Waals surface area (Å²) in [6.07, 6.45) is 1.79. The van der Waals surface area contributed by atoms with Crippen molar-refractivity contribution in [2.45, 2.75) is 25.1 Å². The third-order valence-corrected chi connectivity index (χ3v) is 3.99. The molecule has 1 rings (SSSR count). The van der Waals surface area contributed by atoms with Crippen LogP contribution in [0.5, 0.6) is 0 Å². The summed E-state index contributed by atoms with van der Waals surface area (Å²) in [5.74, 6) is 0.309. The quantitative estimate of drug-likeness (QED) is 0.567. The van der Waals surface area contributed by atoms with Gasteiger partial charge in [-0.05, 0) is 0 Å². The first-order valence-corrected chi connectivity index (χ1v) is 6.53. The molecule has 0 N–H and O–H groups in total. The van der Waals surface area contributed by atoms with Crippen molar-refractivity contribution in [3.05, 3.63) is 30.3 Å². The number of carbonyl (C=O) groups excluding carboxylic acids is 1. The molecule has 0 saturated heterocycles. The van der Waals surface area contributed by atoms with E-state index >= 15 is 0 Å². The van der Waals surface area contributed by atoms with Crippen molar-refractivity contribution in [2.24, 2.45) is 0 Å². The fourth-order valence-electron chi connectivity index (χ4n) is 1.03. The van der Waals surface area contributed by atoms with E-state index in [4.69, 9.17) is 0 Å². The number of hydrogen-bond donors (Lipinski definition) is 0. The Kier molecular flexibility index (Phi) is 4.80.